The normalized spacial score (nSPS) is 12.0. The van der Waals surface area contributed by atoms with Gasteiger partial charge in [-0.05, 0) is 34.9 Å². The molecule has 3 aromatic rings. The van der Waals surface area contributed by atoms with Gasteiger partial charge < -0.3 is 14.8 Å². The first-order chi connectivity index (χ1) is 14.5. The average Bonchev–Trinajstić information content (AvgIpc) is 2.91. The van der Waals surface area contributed by atoms with E-state index in [1.54, 1.807) is 7.11 Å². The van der Waals surface area contributed by atoms with Crippen LogP contribution < -0.4 is 4.74 Å². The van der Waals surface area contributed by atoms with Gasteiger partial charge in [-0.1, -0.05) is 48.5 Å². The SMILES string of the molecule is CC(=[OH+])/C=C(/C)O.COc1c[c-]c(C2=NCc3ccccc3-c3ccccc32)cc1.[Ir]. The Kier molecular flexibility index (Phi) is 8.92. The number of aliphatic imine (C=N–C) groups is 1. The van der Waals surface area contributed by atoms with Crippen molar-refractivity contribution in [3.8, 4) is 16.9 Å². The zero-order valence-corrected chi connectivity index (χ0v) is 20.1. The zero-order chi connectivity index (χ0) is 21.5. The minimum Gasteiger partial charge on any atom is -0.540 e. The molecule has 161 valence electrons. The number of allylic oxidation sites excluding steroid dienone is 2. The summed E-state index contributed by atoms with van der Waals surface area (Å²) in [6.07, 6.45) is 1.28. The quantitative estimate of drug-likeness (QED) is 0.189. The minimum absolute atomic E-state index is 0. The largest absolute Gasteiger partial charge is 0.540 e. The van der Waals surface area contributed by atoms with E-state index in [0.717, 1.165) is 22.6 Å². The molecule has 31 heavy (non-hydrogen) atoms. The summed E-state index contributed by atoms with van der Waals surface area (Å²) in [6.45, 7) is 3.68. The third kappa shape index (κ3) is 6.24. The Balaban J connectivity index is 0.000000373. The van der Waals surface area contributed by atoms with Crippen LogP contribution in [0.2, 0.25) is 0 Å². The molecule has 0 spiro atoms. The summed E-state index contributed by atoms with van der Waals surface area (Å²) in [7, 11) is 1.66. The van der Waals surface area contributed by atoms with Crippen molar-refractivity contribution in [3.63, 3.8) is 0 Å². The van der Waals surface area contributed by atoms with Crippen LogP contribution in [0.4, 0.5) is 0 Å². The van der Waals surface area contributed by atoms with Gasteiger partial charge in [-0.2, -0.15) is 0 Å². The van der Waals surface area contributed by atoms with Crippen molar-refractivity contribution in [2.75, 3.05) is 7.11 Å². The number of rotatable bonds is 3. The third-order valence-electron chi connectivity index (χ3n) is 4.59. The summed E-state index contributed by atoms with van der Waals surface area (Å²) >= 11 is 0. The average molecular weight is 592 g/mol. The van der Waals surface area contributed by atoms with E-state index in [4.69, 9.17) is 19.6 Å². The Bertz CT molecular complexity index is 1100. The van der Waals surface area contributed by atoms with Gasteiger partial charge in [0.05, 0.1) is 32.4 Å². The molecule has 2 N–H and O–H groups in total. The van der Waals surface area contributed by atoms with E-state index in [-0.39, 0.29) is 31.6 Å². The molecule has 4 rings (SSSR count). The second kappa shape index (κ2) is 11.4. The fourth-order valence-electron chi connectivity index (χ4n) is 3.31. The number of benzene rings is 3. The molecule has 0 aliphatic carbocycles. The van der Waals surface area contributed by atoms with E-state index in [0.29, 0.717) is 6.54 Å². The molecule has 1 radical (unpaired) electrons. The molecule has 0 saturated carbocycles. The Morgan fingerprint density at radius 3 is 2.19 bits per heavy atom. The van der Waals surface area contributed by atoms with Gasteiger partial charge in [-0.25, -0.2) is 0 Å². The standard InChI is InChI=1S/C21H16NO.C5H8O2.Ir/c1-23-17-12-10-15(11-13-17)21-20-9-5-4-8-19(20)18-7-3-2-6-16(18)14-22-21;1-4(6)3-5(2)7;/h2-10,12-13H,14H2,1H3;3,6H,1-2H3;/q-1;;/p+1/b;4-3-;. The first kappa shape index (κ1) is 24.3. The van der Waals surface area contributed by atoms with Gasteiger partial charge in [0.15, 0.2) is 0 Å². The van der Waals surface area contributed by atoms with E-state index in [1.807, 2.05) is 18.2 Å². The number of hydrogen-bond donors (Lipinski definition) is 1. The number of nitrogens with zero attached hydrogens (tertiary/aromatic N) is 1. The molecule has 4 nitrogen and oxygen atoms in total. The van der Waals surface area contributed by atoms with Crippen LogP contribution in [0.15, 0.2) is 83.6 Å². The number of aliphatic hydroxyl groups excluding tert-OH is 1. The second-order valence-electron chi connectivity index (χ2n) is 6.94. The van der Waals surface area contributed by atoms with Crippen molar-refractivity contribution < 1.29 is 34.7 Å². The molecular formula is C26H25IrNO3. The molecule has 0 bridgehead atoms. The predicted octanol–water partition coefficient (Wildman–Crippen LogP) is 5.52. The summed E-state index contributed by atoms with van der Waals surface area (Å²) in [5.74, 6) is 1.06. The first-order valence-electron chi connectivity index (χ1n) is 9.67. The molecule has 5 heteroatoms. The topological polar surface area (TPSA) is 63.2 Å². The van der Waals surface area contributed by atoms with Crippen LogP contribution in [0.1, 0.15) is 30.5 Å². The minimum atomic E-state index is 0. The van der Waals surface area contributed by atoms with Crippen LogP contribution >= 0.6 is 0 Å². The van der Waals surface area contributed by atoms with Gasteiger partial charge in [0.2, 0.25) is 0 Å². The molecule has 3 aromatic carbocycles. The summed E-state index contributed by atoms with van der Waals surface area (Å²) in [6, 6.07) is 26.0. The molecule has 0 aromatic heterocycles. The van der Waals surface area contributed by atoms with Crippen LogP contribution in [0.3, 0.4) is 0 Å². The van der Waals surface area contributed by atoms with Crippen molar-refractivity contribution >= 4 is 11.5 Å². The number of carbonyl (C=O) groups excluding carboxylic acids is 1. The van der Waals surface area contributed by atoms with Crippen molar-refractivity contribution in [1.82, 2.24) is 0 Å². The van der Waals surface area contributed by atoms with E-state index in [2.05, 4.69) is 54.6 Å². The Hall–Kier alpha value is -3.01. The summed E-state index contributed by atoms with van der Waals surface area (Å²) in [4.78, 5) is 13.3. The van der Waals surface area contributed by atoms with Gasteiger partial charge in [-0.15, -0.1) is 29.8 Å². The number of aliphatic hydroxyl groups is 1. The monoisotopic (exact) mass is 592 g/mol. The summed E-state index contributed by atoms with van der Waals surface area (Å²) in [5.41, 5.74) is 6.87. The summed E-state index contributed by atoms with van der Waals surface area (Å²) in [5, 5.41) is 8.40. The number of ether oxygens (including phenoxy) is 1. The fourth-order valence-corrected chi connectivity index (χ4v) is 3.31. The Morgan fingerprint density at radius 2 is 1.65 bits per heavy atom. The van der Waals surface area contributed by atoms with Gasteiger partial charge in [-0.3, -0.25) is 4.79 Å². The van der Waals surface area contributed by atoms with E-state index >= 15 is 0 Å². The molecule has 0 saturated heterocycles. The maximum atomic E-state index is 8.40. The maximum absolute atomic E-state index is 8.40. The van der Waals surface area contributed by atoms with Crippen molar-refractivity contribution in [1.29, 1.82) is 0 Å². The van der Waals surface area contributed by atoms with E-state index in [9.17, 15) is 0 Å². The number of ketones is 1. The molecular weight excluding hydrogens is 567 g/mol. The van der Waals surface area contributed by atoms with Crippen LogP contribution in [0.5, 0.6) is 5.75 Å². The van der Waals surface area contributed by atoms with Crippen molar-refractivity contribution in [3.05, 3.63) is 101 Å². The molecule has 0 atom stereocenters. The molecule has 1 aliphatic rings. The fraction of sp³-hybridized carbons (Fsp3) is 0.154. The van der Waals surface area contributed by atoms with Gasteiger partial charge in [0, 0.05) is 25.9 Å². The van der Waals surface area contributed by atoms with Crippen LogP contribution in [-0.4, -0.2) is 28.5 Å². The maximum Gasteiger partial charge on any atom is 0.316 e. The number of hydrogen-bond acceptors (Lipinski definition) is 3. The van der Waals surface area contributed by atoms with Gasteiger partial charge >= 0.3 is 5.78 Å². The third-order valence-corrected chi connectivity index (χ3v) is 4.59. The molecule has 1 aliphatic heterocycles. The van der Waals surface area contributed by atoms with Gasteiger partial charge in [0.25, 0.3) is 0 Å². The number of methoxy groups -OCH3 is 1. The zero-order valence-electron chi connectivity index (χ0n) is 17.7. The smallest absolute Gasteiger partial charge is 0.316 e. The van der Waals surface area contributed by atoms with E-state index in [1.165, 1.54) is 36.6 Å². The van der Waals surface area contributed by atoms with E-state index < -0.39 is 0 Å². The predicted molar refractivity (Wildman–Crippen MR) is 122 cm³/mol. The summed E-state index contributed by atoms with van der Waals surface area (Å²) < 4.78 is 5.23. The number of fused-ring (bicyclic) bond motifs is 3. The van der Waals surface area contributed by atoms with Crippen molar-refractivity contribution in [2.24, 2.45) is 4.99 Å². The van der Waals surface area contributed by atoms with Gasteiger partial charge in [0.1, 0.15) is 0 Å². The van der Waals surface area contributed by atoms with Crippen LogP contribution in [-0.2, 0) is 26.7 Å². The van der Waals surface area contributed by atoms with Crippen LogP contribution in [0.25, 0.3) is 11.1 Å². The molecule has 0 amide bonds. The van der Waals surface area contributed by atoms with Crippen molar-refractivity contribution in [2.45, 2.75) is 20.4 Å². The molecule has 1 heterocycles. The Labute approximate surface area is 196 Å². The second-order valence-corrected chi connectivity index (χ2v) is 6.94. The molecule has 0 unspecified atom stereocenters. The Morgan fingerprint density at radius 1 is 1.00 bits per heavy atom. The first-order valence-corrected chi connectivity index (χ1v) is 9.67. The van der Waals surface area contributed by atoms with Crippen LogP contribution in [0, 0.1) is 6.07 Å². The molecule has 0 fully saturated rings.